The Labute approximate surface area is 85.1 Å². The number of hydrogen-bond acceptors (Lipinski definition) is 3. The fourth-order valence-corrected chi connectivity index (χ4v) is 1.50. The van der Waals surface area contributed by atoms with Crippen molar-refractivity contribution in [1.82, 2.24) is 10.2 Å². The fraction of sp³-hybridized carbons (Fsp3) is 0.875. The first kappa shape index (κ1) is 12.3. The van der Waals surface area contributed by atoms with E-state index in [1.807, 2.05) is 0 Å². The van der Waals surface area contributed by atoms with Gasteiger partial charge in [0.25, 0.3) is 0 Å². The number of hydrogen-bond donors (Lipinski definition) is 2. The average molecular weight is 226 g/mol. The van der Waals surface area contributed by atoms with Gasteiger partial charge in [-0.1, -0.05) is 0 Å². The maximum atomic E-state index is 12.4. The number of carbonyl (C=O) groups excluding carboxylic acids is 1. The molecule has 1 aliphatic rings. The number of nitrogens with one attached hydrogen (secondary N) is 1. The number of nitrogens with zero attached hydrogens (tertiary/aromatic N) is 1. The van der Waals surface area contributed by atoms with Crippen molar-refractivity contribution >= 4 is 5.91 Å². The fourth-order valence-electron chi connectivity index (χ4n) is 1.50. The normalized spacial score (nSPS) is 27.1. The number of halogens is 3. The predicted octanol–water partition coefficient (Wildman–Crippen LogP) is -0.269. The van der Waals surface area contributed by atoms with Crippen LogP contribution in [0, 0.1) is 0 Å². The summed E-state index contributed by atoms with van der Waals surface area (Å²) < 4.78 is 37.1. The number of β-amino-alcohol motifs (C(OH)–C–C–N with tert-alkyl or cyclic N) is 1. The lowest BCUT2D eigenvalue weighted by molar-refractivity contribution is -0.253. The molecular formula is C8H13F3N2O2. The van der Waals surface area contributed by atoms with Crippen LogP contribution in [0.25, 0.3) is 0 Å². The lowest BCUT2D eigenvalue weighted by atomic mass is 10.0. The summed E-state index contributed by atoms with van der Waals surface area (Å²) in [5, 5.41) is 11.8. The SMILES string of the molecule is CNCC(=O)N1CC[C@@](O)(C(F)(F)F)C1. The van der Waals surface area contributed by atoms with Gasteiger partial charge < -0.3 is 15.3 Å². The van der Waals surface area contributed by atoms with Crippen LogP contribution in [0.5, 0.6) is 0 Å². The van der Waals surface area contributed by atoms with E-state index in [1.54, 1.807) is 0 Å². The second-order valence-corrected chi connectivity index (χ2v) is 3.62. The van der Waals surface area contributed by atoms with Crippen LogP contribution in [0.1, 0.15) is 6.42 Å². The van der Waals surface area contributed by atoms with Crippen LogP contribution in [0.3, 0.4) is 0 Å². The van der Waals surface area contributed by atoms with Crippen molar-refractivity contribution < 1.29 is 23.1 Å². The van der Waals surface area contributed by atoms with Gasteiger partial charge in [0, 0.05) is 13.0 Å². The number of aliphatic hydroxyl groups is 1. The number of alkyl halides is 3. The largest absolute Gasteiger partial charge is 0.419 e. The van der Waals surface area contributed by atoms with Crippen molar-refractivity contribution in [3.63, 3.8) is 0 Å². The molecule has 0 aromatic rings. The van der Waals surface area contributed by atoms with Gasteiger partial charge in [-0.3, -0.25) is 4.79 Å². The molecule has 0 aliphatic carbocycles. The highest BCUT2D eigenvalue weighted by Crippen LogP contribution is 2.37. The molecule has 0 aromatic heterocycles. The standard InChI is InChI=1S/C8H13F3N2O2/c1-12-4-6(14)13-3-2-7(15,5-13)8(9,10)11/h12,15H,2-5H2,1H3/t7-/m0/s1. The first-order chi connectivity index (χ1) is 6.80. The molecule has 4 nitrogen and oxygen atoms in total. The highest BCUT2D eigenvalue weighted by Gasteiger charge is 2.57. The van der Waals surface area contributed by atoms with Gasteiger partial charge in [0.15, 0.2) is 5.60 Å². The Kier molecular flexibility index (Phi) is 3.25. The van der Waals surface area contributed by atoms with Crippen molar-refractivity contribution in [1.29, 1.82) is 0 Å². The number of amides is 1. The van der Waals surface area contributed by atoms with Crippen LogP contribution in [0.15, 0.2) is 0 Å². The van der Waals surface area contributed by atoms with E-state index in [1.165, 1.54) is 7.05 Å². The van der Waals surface area contributed by atoms with Gasteiger partial charge in [0.05, 0.1) is 13.1 Å². The summed E-state index contributed by atoms with van der Waals surface area (Å²) in [6.07, 6.45) is -5.13. The molecule has 2 N–H and O–H groups in total. The van der Waals surface area contributed by atoms with Gasteiger partial charge in [-0.2, -0.15) is 13.2 Å². The summed E-state index contributed by atoms with van der Waals surface area (Å²) in [7, 11) is 1.53. The summed E-state index contributed by atoms with van der Waals surface area (Å²) in [6, 6.07) is 0. The predicted molar refractivity (Wildman–Crippen MR) is 46.1 cm³/mol. The van der Waals surface area contributed by atoms with E-state index in [2.05, 4.69) is 5.32 Å². The van der Waals surface area contributed by atoms with Crippen LogP contribution in [-0.4, -0.2) is 54.4 Å². The van der Waals surface area contributed by atoms with Crippen LogP contribution in [0.2, 0.25) is 0 Å². The molecule has 0 radical (unpaired) electrons. The molecule has 0 spiro atoms. The third kappa shape index (κ3) is 2.40. The van der Waals surface area contributed by atoms with E-state index in [0.717, 1.165) is 4.90 Å². The molecule has 1 fully saturated rings. The molecule has 1 amide bonds. The molecule has 0 unspecified atom stereocenters. The minimum absolute atomic E-state index is 0.0199. The minimum atomic E-state index is -4.68. The molecule has 1 atom stereocenters. The molecule has 88 valence electrons. The molecule has 15 heavy (non-hydrogen) atoms. The van der Waals surface area contributed by atoms with Crippen LogP contribution in [0.4, 0.5) is 13.2 Å². The maximum Gasteiger partial charge on any atom is 0.419 e. The van der Waals surface area contributed by atoms with Gasteiger partial charge in [-0.25, -0.2) is 0 Å². The van der Waals surface area contributed by atoms with E-state index in [4.69, 9.17) is 0 Å². The summed E-state index contributed by atoms with van der Waals surface area (Å²) in [6.45, 7) is -0.749. The third-order valence-electron chi connectivity index (χ3n) is 2.46. The number of rotatable bonds is 2. The zero-order chi connectivity index (χ0) is 11.7. The topological polar surface area (TPSA) is 52.6 Å². The van der Waals surface area contributed by atoms with Crippen molar-refractivity contribution in [3.05, 3.63) is 0 Å². The van der Waals surface area contributed by atoms with E-state index in [9.17, 15) is 23.1 Å². The summed E-state index contributed by atoms with van der Waals surface area (Å²) in [4.78, 5) is 12.3. The first-order valence-electron chi connectivity index (χ1n) is 4.51. The van der Waals surface area contributed by atoms with Crippen molar-refractivity contribution in [2.45, 2.75) is 18.2 Å². The Morgan fingerprint density at radius 1 is 1.60 bits per heavy atom. The number of carbonyl (C=O) groups is 1. The molecule has 1 aliphatic heterocycles. The van der Waals surface area contributed by atoms with E-state index in [-0.39, 0.29) is 13.1 Å². The molecule has 7 heteroatoms. The van der Waals surface area contributed by atoms with E-state index < -0.39 is 30.7 Å². The zero-order valence-electron chi connectivity index (χ0n) is 8.26. The summed E-state index contributed by atoms with van der Waals surface area (Å²) in [5.41, 5.74) is -2.74. The maximum absolute atomic E-state index is 12.4. The lowest BCUT2D eigenvalue weighted by Crippen LogP contribution is -2.48. The van der Waals surface area contributed by atoms with Gasteiger partial charge in [-0.05, 0) is 7.05 Å². The quantitative estimate of drug-likeness (QED) is 0.681. The molecule has 0 bridgehead atoms. The van der Waals surface area contributed by atoms with Gasteiger partial charge in [0.2, 0.25) is 5.91 Å². The monoisotopic (exact) mass is 226 g/mol. The average Bonchev–Trinajstić information content (AvgIpc) is 2.48. The molecule has 1 heterocycles. The van der Waals surface area contributed by atoms with Gasteiger partial charge in [0.1, 0.15) is 0 Å². The third-order valence-corrected chi connectivity index (χ3v) is 2.46. The van der Waals surface area contributed by atoms with Crippen LogP contribution >= 0.6 is 0 Å². The van der Waals surface area contributed by atoms with E-state index >= 15 is 0 Å². The Bertz CT molecular complexity index is 257. The molecule has 0 aromatic carbocycles. The number of likely N-dealkylation sites (N-methyl/N-ethyl adjacent to an activating group) is 1. The smallest absolute Gasteiger partial charge is 0.379 e. The second-order valence-electron chi connectivity index (χ2n) is 3.62. The summed E-state index contributed by atoms with van der Waals surface area (Å²) >= 11 is 0. The molecule has 0 saturated carbocycles. The van der Waals surface area contributed by atoms with Gasteiger partial charge in [-0.15, -0.1) is 0 Å². The molecule has 1 saturated heterocycles. The van der Waals surface area contributed by atoms with Crippen molar-refractivity contribution in [2.24, 2.45) is 0 Å². The Balaban J connectivity index is 2.63. The first-order valence-corrected chi connectivity index (χ1v) is 4.51. The summed E-state index contributed by atoms with van der Waals surface area (Å²) in [5.74, 6) is -0.433. The Morgan fingerprint density at radius 2 is 2.20 bits per heavy atom. The number of likely N-dealkylation sites (tertiary alicyclic amines) is 1. The second kappa shape index (κ2) is 3.97. The zero-order valence-corrected chi connectivity index (χ0v) is 8.26. The highest BCUT2D eigenvalue weighted by molar-refractivity contribution is 5.78. The van der Waals surface area contributed by atoms with Crippen molar-refractivity contribution in [3.8, 4) is 0 Å². The lowest BCUT2D eigenvalue weighted by Gasteiger charge is -2.25. The Hall–Kier alpha value is -0.820. The van der Waals surface area contributed by atoms with Crippen LogP contribution in [-0.2, 0) is 4.79 Å². The Morgan fingerprint density at radius 3 is 2.60 bits per heavy atom. The van der Waals surface area contributed by atoms with Crippen LogP contribution < -0.4 is 5.32 Å². The van der Waals surface area contributed by atoms with Gasteiger partial charge >= 0.3 is 6.18 Å². The molecule has 1 rings (SSSR count). The highest BCUT2D eigenvalue weighted by atomic mass is 19.4. The minimum Gasteiger partial charge on any atom is -0.379 e. The van der Waals surface area contributed by atoms with Crippen molar-refractivity contribution in [2.75, 3.05) is 26.7 Å². The van der Waals surface area contributed by atoms with E-state index in [0.29, 0.717) is 0 Å². The molecular weight excluding hydrogens is 213 g/mol.